The highest BCUT2D eigenvalue weighted by Gasteiger charge is 2.27. The summed E-state index contributed by atoms with van der Waals surface area (Å²) in [5.74, 6) is -0.241. The molecule has 144 valence electrons. The van der Waals surface area contributed by atoms with Crippen LogP contribution in [0.15, 0.2) is 30.5 Å². The number of para-hydroxylation sites is 1. The number of nitrogens with one attached hydrogen (secondary N) is 2. The van der Waals surface area contributed by atoms with Crippen molar-refractivity contribution in [3.63, 3.8) is 0 Å². The van der Waals surface area contributed by atoms with E-state index in [1.807, 2.05) is 18.3 Å². The maximum atomic E-state index is 12.2. The zero-order chi connectivity index (χ0) is 18.6. The molecule has 27 heavy (non-hydrogen) atoms. The Morgan fingerprint density at radius 2 is 1.93 bits per heavy atom. The smallest absolute Gasteiger partial charge is 0.321 e. The Balaban J connectivity index is 1.26. The van der Waals surface area contributed by atoms with Gasteiger partial charge in [-0.3, -0.25) is 19.7 Å². The van der Waals surface area contributed by atoms with Crippen molar-refractivity contribution in [2.24, 2.45) is 0 Å². The van der Waals surface area contributed by atoms with Crippen molar-refractivity contribution in [2.45, 2.75) is 50.6 Å². The topological polar surface area (TPSA) is 79.3 Å². The van der Waals surface area contributed by atoms with Crippen LogP contribution in [-0.4, -0.2) is 52.3 Å². The number of nitrogens with zero attached hydrogens (tertiary/aromatic N) is 3. The monoisotopic (exact) mass is 369 g/mol. The van der Waals surface area contributed by atoms with Crippen LogP contribution in [-0.2, 0) is 4.79 Å². The number of urea groups is 1. The van der Waals surface area contributed by atoms with Gasteiger partial charge in [0.15, 0.2) is 0 Å². The number of carbonyl (C=O) groups excluding carboxylic acids is 2. The van der Waals surface area contributed by atoms with Crippen LogP contribution in [0.25, 0.3) is 10.9 Å². The lowest BCUT2D eigenvalue weighted by Gasteiger charge is -2.23. The molecule has 4 rings (SSSR count). The molecule has 1 atom stereocenters. The standard InChI is InChI=1S/C20H27N5O2/c26-19(23-20(27)22-16-7-2-1-3-8-16)14-24-11-10-17(13-24)25-18-9-5-4-6-15(18)12-21-25/h4-6,9,12,16-17H,1-3,7-8,10-11,13-14H2,(H2,22,23,26,27). The van der Waals surface area contributed by atoms with Gasteiger partial charge in [0.05, 0.1) is 24.3 Å². The maximum Gasteiger partial charge on any atom is 0.321 e. The molecule has 2 heterocycles. The van der Waals surface area contributed by atoms with Crippen molar-refractivity contribution in [2.75, 3.05) is 19.6 Å². The molecule has 7 heteroatoms. The largest absolute Gasteiger partial charge is 0.335 e. The van der Waals surface area contributed by atoms with Gasteiger partial charge in [0, 0.05) is 24.5 Å². The van der Waals surface area contributed by atoms with Crippen LogP contribution in [0, 0.1) is 0 Å². The molecule has 1 saturated carbocycles. The van der Waals surface area contributed by atoms with E-state index in [0.29, 0.717) is 0 Å². The second-order valence-corrected chi connectivity index (χ2v) is 7.68. The molecular weight excluding hydrogens is 342 g/mol. The van der Waals surface area contributed by atoms with Gasteiger partial charge in [0.25, 0.3) is 0 Å². The van der Waals surface area contributed by atoms with Crippen LogP contribution < -0.4 is 10.6 Å². The van der Waals surface area contributed by atoms with Crippen molar-refractivity contribution < 1.29 is 9.59 Å². The Morgan fingerprint density at radius 3 is 2.78 bits per heavy atom. The zero-order valence-electron chi connectivity index (χ0n) is 15.6. The number of benzene rings is 1. The first kappa shape index (κ1) is 18.0. The Kier molecular flexibility index (Phi) is 5.38. The SMILES string of the molecule is O=C(CN1CCC(n2ncc3ccccc32)C1)NC(=O)NC1CCCCC1. The van der Waals surface area contributed by atoms with E-state index in [9.17, 15) is 9.59 Å². The summed E-state index contributed by atoms with van der Waals surface area (Å²) >= 11 is 0. The van der Waals surface area contributed by atoms with E-state index in [2.05, 4.69) is 37.4 Å². The molecule has 1 unspecified atom stereocenters. The minimum Gasteiger partial charge on any atom is -0.335 e. The van der Waals surface area contributed by atoms with Crippen molar-refractivity contribution in [3.05, 3.63) is 30.5 Å². The predicted molar refractivity (Wildman–Crippen MR) is 103 cm³/mol. The molecule has 1 aliphatic carbocycles. The van der Waals surface area contributed by atoms with Crippen LogP contribution in [0.5, 0.6) is 0 Å². The summed E-state index contributed by atoms with van der Waals surface area (Å²) in [6.45, 7) is 1.84. The van der Waals surface area contributed by atoms with Gasteiger partial charge in [-0.2, -0.15) is 5.10 Å². The first-order valence-corrected chi connectivity index (χ1v) is 9.94. The number of likely N-dealkylation sites (tertiary alicyclic amines) is 1. The summed E-state index contributed by atoms with van der Waals surface area (Å²) in [5.41, 5.74) is 1.13. The summed E-state index contributed by atoms with van der Waals surface area (Å²) in [7, 11) is 0. The molecule has 2 aromatic rings. The summed E-state index contributed by atoms with van der Waals surface area (Å²) < 4.78 is 2.06. The van der Waals surface area contributed by atoms with Crippen LogP contribution in [0.3, 0.4) is 0 Å². The highest BCUT2D eigenvalue weighted by Crippen LogP contribution is 2.25. The average molecular weight is 369 g/mol. The Bertz CT molecular complexity index is 812. The third kappa shape index (κ3) is 4.30. The van der Waals surface area contributed by atoms with Gasteiger partial charge < -0.3 is 5.32 Å². The lowest BCUT2D eigenvalue weighted by molar-refractivity contribution is -0.120. The molecule has 2 fully saturated rings. The van der Waals surface area contributed by atoms with Crippen molar-refractivity contribution in [1.29, 1.82) is 0 Å². The molecular formula is C20H27N5O2. The van der Waals surface area contributed by atoms with Gasteiger partial charge in [-0.05, 0) is 25.3 Å². The third-order valence-corrected chi connectivity index (χ3v) is 5.66. The van der Waals surface area contributed by atoms with Gasteiger partial charge in [0.2, 0.25) is 5.91 Å². The van der Waals surface area contributed by atoms with E-state index in [0.717, 1.165) is 56.1 Å². The molecule has 0 spiro atoms. The summed E-state index contributed by atoms with van der Waals surface area (Å²) in [6, 6.07) is 8.27. The van der Waals surface area contributed by atoms with Gasteiger partial charge in [-0.15, -0.1) is 0 Å². The molecule has 2 N–H and O–H groups in total. The zero-order valence-corrected chi connectivity index (χ0v) is 15.6. The number of hydrogen-bond acceptors (Lipinski definition) is 4. The van der Waals surface area contributed by atoms with Gasteiger partial charge >= 0.3 is 6.03 Å². The normalized spacial score (nSPS) is 21.4. The van der Waals surface area contributed by atoms with E-state index in [1.165, 1.54) is 6.42 Å². The first-order valence-electron chi connectivity index (χ1n) is 9.94. The van der Waals surface area contributed by atoms with Gasteiger partial charge in [-0.25, -0.2) is 4.79 Å². The Labute approximate surface area is 159 Å². The van der Waals surface area contributed by atoms with Crippen LogP contribution in [0.2, 0.25) is 0 Å². The molecule has 1 aromatic heterocycles. The fourth-order valence-electron chi connectivity index (χ4n) is 4.28. The second kappa shape index (κ2) is 8.08. The van der Waals surface area contributed by atoms with Gasteiger partial charge in [0.1, 0.15) is 0 Å². The molecule has 1 aromatic carbocycles. The minimum absolute atomic E-state index is 0.204. The molecule has 1 aliphatic heterocycles. The highest BCUT2D eigenvalue weighted by atomic mass is 16.2. The van der Waals surface area contributed by atoms with E-state index in [4.69, 9.17) is 0 Å². The number of hydrogen-bond donors (Lipinski definition) is 2. The van der Waals surface area contributed by atoms with Crippen molar-refractivity contribution >= 4 is 22.8 Å². The lowest BCUT2D eigenvalue weighted by atomic mass is 9.96. The van der Waals surface area contributed by atoms with E-state index < -0.39 is 0 Å². The third-order valence-electron chi connectivity index (χ3n) is 5.66. The van der Waals surface area contributed by atoms with Gasteiger partial charge in [-0.1, -0.05) is 37.5 Å². The molecule has 0 bridgehead atoms. The number of fused-ring (bicyclic) bond motifs is 1. The number of amides is 3. The lowest BCUT2D eigenvalue weighted by Crippen LogP contribution is -2.47. The Hall–Kier alpha value is -2.41. The van der Waals surface area contributed by atoms with Crippen LogP contribution in [0.1, 0.15) is 44.6 Å². The summed E-state index contributed by atoms with van der Waals surface area (Å²) in [6.07, 6.45) is 8.39. The van der Waals surface area contributed by atoms with Crippen LogP contribution in [0.4, 0.5) is 4.79 Å². The van der Waals surface area contributed by atoms with Crippen molar-refractivity contribution in [1.82, 2.24) is 25.3 Å². The molecule has 2 aliphatic rings. The van der Waals surface area contributed by atoms with E-state index in [-0.39, 0.29) is 30.6 Å². The fraction of sp³-hybridized carbons (Fsp3) is 0.550. The predicted octanol–water partition coefficient (Wildman–Crippen LogP) is 2.44. The van der Waals surface area contributed by atoms with Crippen molar-refractivity contribution in [3.8, 4) is 0 Å². The molecule has 3 amide bonds. The van der Waals surface area contributed by atoms with E-state index in [1.54, 1.807) is 0 Å². The molecule has 1 saturated heterocycles. The number of rotatable bonds is 4. The number of carbonyl (C=O) groups is 2. The summed E-state index contributed by atoms with van der Waals surface area (Å²) in [4.78, 5) is 26.3. The molecule has 7 nitrogen and oxygen atoms in total. The average Bonchev–Trinajstić information content (AvgIpc) is 3.28. The maximum absolute atomic E-state index is 12.2. The quantitative estimate of drug-likeness (QED) is 0.868. The van der Waals surface area contributed by atoms with Crippen LogP contribution >= 0.6 is 0 Å². The Morgan fingerprint density at radius 1 is 1.11 bits per heavy atom. The first-order chi connectivity index (χ1) is 13.2. The summed E-state index contributed by atoms with van der Waals surface area (Å²) in [5, 5.41) is 11.1. The highest BCUT2D eigenvalue weighted by molar-refractivity contribution is 5.95. The number of imide groups is 1. The van der Waals surface area contributed by atoms with E-state index >= 15 is 0 Å². The second-order valence-electron chi connectivity index (χ2n) is 7.68. The minimum atomic E-state index is -0.360. The number of aromatic nitrogens is 2. The fourth-order valence-corrected chi connectivity index (χ4v) is 4.28. The molecule has 0 radical (unpaired) electrons.